The second-order valence-corrected chi connectivity index (χ2v) is 2.63. The Bertz CT molecular complexity index is 174. The van der Waals surface area contributed by atoms with Gasteiger partial charge < -0.3 is 14.5 Å². The highest BCUT2D eigenvalue weighted by atomic mass is 16.5. The van der Waals surface area contributed by atoms with Gasteiger partial charge in [-0.05, 0) is 0 Å². The summed E-state index contributed by atoms with van der Waals surface area (Å²) in [5.74, 6) is 0. The van der Waals surface area contributed by atoms with Crippen molar-refractivity contribution >= 4 is 12.8 Å². The Morgan fingerprint density at radius 3 is 2.58 bits per heavy atom. The topological polar surface area (TPSA) is 49.9 Å². The van der Waals surface area contributed by atoms with Crippen LogP contribution in [0.1, 0.15) is 0 Å². The van der Waals surface area contributed by atoms with Crippen LogP contribution in [-0.4, -0.2) is 55.6 Å². The maximum Gasteiger partial charge on any atom is 0.211 e. The van der Waals surface area contributed by atoms with E-state index in [0.717, 1.165) is 12.8 Å². The molecule has 1 saturated heterocycles. The van der Waals surface area contributed by atoms with Crippen LogP contribution in [0.4, 0.5) is 0 Å². The number of rotatable bonds is 3. The van der Waals surface area contributed by atoms with Crippen molar-refractivity contribution in [3.63, 3.8) is 0 Å². The number of ether oxygens (including phenoxy) is 1. The van der Waals surface area contributed by atoms with Crippen molar-refractivity contribution in [2.75, 3.05) is 26.7 Å². The molecule has 2 amide bonds. The first-order valence-electron chi connectivity index (χ1n) is 3.75. The Labute approximate surface area is 70.9 Å². The van der Waals surface area contributed by atoms with Gasteiger partial charge in [-0.3, -0.25) is 9.59 Å². The van der Waals surface area contributed by atoms with Crippen LogP contribution in [0.15, 0.2) is 0 Å². The quantitative estimate of drug-likeness (QED) is 0.507. The Kier molecular flexibility index (Phi) is 3.04. The van der Waals surface area contributed by atoms with Gasteiger partial charge in [-0.25, -0.2) is 0 Å². The van der Waals surface area contributed by atoms with Crippen molar-refractivity contribution in [2.24, 2.45) is 0 Å². The fourth-order valence-corrected chi connectivity index (χ4v) is 1.21. The Hall–Kier alpha value is -1.10. The van der Waals surface area contributed by atoms with Crippen molar-refractivity contribution in [3.8, 4) is 0 Å². The summed E-state index contributed by atoms with van der Waals surface area (Å²) < 4.78 is 5.02. The maximum atomic E-state index is 10.5. The third-order valence-corrected chi connectivity index (χ3v) is 1.96. The predicted octanol–water partition coefficient (Wildman–Crippen LogP) is -1.11. The minimum atomic E-state index is -0.290. The minimum Gasteiger partial charge on any atom is -0.360 e. The molecule has 0 aromatic rings. The van der Waals surface area contributed by atoms with E-state index in [2.05, 4.69) is 0 Å². The standard InChI is InChI=1S/C7H12N2O3/c1-12-7-4-8(5-10)2-3-9(7)6-11/h5-7H,2-4H2,1H3. The second-order valence-electron chi connectivity index (χ2n) is 2.63. The summed E-state index contributed by atoms with van der Waals surface area (Å²) in [5.41, 5.74) is 0. The fourth-order valence-electron chi connectivity index (χ4n) is 1.21. The lowest BCUT2D eigenvalue weighted by Gasteiger charge is -2.36. The molecule has 1 rings (SSSR count). The lowest BCUT2D eigenvalue weighted by molar-refractivity contribution is -0.143. The van der Waals surface area contributed by atoms with E-state index < -0.39 is 0 Å². The van der Waals surface area contributed by atoms with E-state index >= 15 is 0 Å². The van der Waals surface area contributed by atoms with Gasteiger partial charge in [0.05, 0.1) is 6.54 Å². The van der Waals surface area contributed by atoms with Crippen LogP contribution >= 0.6 is 0 Å². The molecule has 1 aliphatic rings. The Balaban J connectivity index is 2.52. The van der Waals surface area contributed by atoms with Gasteiger partial charge in [-0.1, -0.05) is 0 Å². The third kappa shape index (κ3) is 1.73. The number of nitrogens with zero attached hydrogens (tertiary/aromatic N) is 2. The lowest BCUT2D eigenvalue weighted by Crippen LogP contribution is -2.52. The highest BCUT2D eigenvalue weighted by molar-refractivity contribution is 5.51. The predicted molar refractivity (Wildman–Crippen MR) is 41.2 cm³/mol. The SMILES string of the molecule is COC1CN(C=O)CCN1C=O. The smallest absolute Gasteiger partial charge is 0.211 e. The van der Waals surface area contributed by atoms with E-state index in [1.807, 2.05) is 0 Å². The number of hydrogen-bond acceptors (Lipinski definition) is 3. The van der Waals surface area contributed by atoms with Gasteiger partial charge in [0.2, 0.25) is 12.8 Å². The molecular formula is C7H12N2O3. The summed E-state index contributed by atoms with van der Waals surface area (Å²) in [7, 11) is 1.52. The molecule has 1 unspecified atom stereocenters. The van der Waals surface area contributed by atoms with E-state index in [1.165, 1.54) is 7.11 Å². The zero-order valence-corrected chi connectivity index (χ0v) is 6.97. The van der Waals surface area contributed by atoms with Gasteiger partial charge in [0.25, 0.3) is 0 Å². The molecule has 68 valence electrons. The summed E-state index contributed by atoms with van der Waals surface area (Å²) >= 11 is 0. The molecule has 5 nitrogen and oxygen atoms in total. The van der Waals surface area contributed by atoms with Crippen LogP contribution in [0.2, 0.25) is 0 Å². The van der Waals surface area contributed by atoms with Crippen LogP contribution in [0.3, 0.4) is 0 Å². The molecule has 0 spiro atoms. The molecule has 12 heavy (non-hydrogen) atoms. The molecule has 1 atom stereocenters. The maximum absolute atomic E-state index is 10.5. The molecular weight excluding hydrogens is 160 g/mol. The van der Waals surface area contributed by atoms with Crippen LogP contribution in [0.25, 0.3) is 0 Å². The van der Waals surface area contributed by atoms with E-state index in [9.17, 15) is 9.59 Å². The number of hydrogen-bond donors (Lipinski definition) is 0. The molecule has 0 saturated carbocycles. The van der Waals surface area contributed by atoms with Crippen molar-refractivity contribution in [1.82, 2.24) is 9.80 Å². The average Bonchev–Trinajstić information content (AvgIpc) is 2.16. The highest BCUT2D eigenvalue weighted by Crippen LogP contribution is 2.05. The van der Waals surface area contributed by atoms with Crippen LogP contribution in [0.5, 0.6) is 0 Å². The molecule has 0 radical (unpaired) electrons. The number of carbonyl (C=O) groups excluding carboxylic acids is 2. The molecule has 0 N–H and O–H groups in total. The average molecular weight is 172 g/mol. The van der Waals surface area contributed by atoms with Gasteiger partial charge in [-0.2, -0.15) is 0 Å². The monoisotopic (exact) mass is 172 g/mol. The number of carbonyl (C=O) groups is 2. The van der Waals surface area contributed by atoms with Gasteiger partial charge >= 0.3 is 0 Å². The summed E-state index contributed by atoms with van der Waals surface area (Å²) in [6.45, 7) is 1.58. The van der Waals surface area contributed by atoms with Gasteiger partial charge in [0.15, 0.2) is 0 Å². The number of methoxy groups -OCH3 is 1. The first-order valence-corrected chi connectivity index (χ1v) is 3.75. The van der Waals surface area contributed by atoms with E-state index in [1.54, 1.807) is 9.80 Å². The number of amides is 2. The van der Waals surface area contributed by atoms with Gasteiger partial charge in [0, 0.05) is 20.2 Å². The largest absolute Gasteiger partial charge is 0.360 e. The Morgan fingerprint density at radius 2 is 2.08 bits per heavy atom. The molecule has 0 aromatic carbocycles. The third-order valence-electron chi connectivity index (χ3n) is 1.96. The van der Waals surface area contributed by atoms with Crippen LogP contribution in [-0.2, 0) is 14.3 Å². The van der Waals surface area contributed by atoms with Crippen molar-refractivity contribution in [1.29, 1.82) is 0 Å². The fraction of sp³-hybridized carbons (Fsp3) is 0.714. The molecule has 0 aromatic heterocycles. The molecule has 0 bridgehead atoms. The normalized spacial score (nSPS) is 23.9. The summed E-state index contributed by atoms with van der Waals surface area (Å²) in [6.07, 6.45) is 1.23. The Morgan fingerprint density at radius 1 is 1.33 bits per heavy atom. The lowest BCUT2D eigenvalue weighted by atomic mass is 10.3. The van der Waals surface area contributed by atoms with Crippen LogP contribution < -0.4 is 0 Å². The summed E-state index contributed by atoms with van der Waals surface area (Å²) in [5, 5.41) is 0. The summed E-state index contributed by atoms with van der Waals surface area (Å²) in [6, 6.07) is 0. The van der Waals surface area contributed by atoms with Crippen LogP contribution in [0, 0.1) is 0 Å². The number of piperazine rings is 1. The van der Waals surface area contributed by atoms with Gasteiger partial charge in [0.1, 0.15) is 6.23 Å². The van der Waals surface area contributed by atoms with Crippen molar-refractivity contribution < 1.29 is 14.3 Å². The molecule has 0 aliphatic carbocycles. The van der Waals surface area contributed by atoms with E-state index in [4.69, 9.17) is 4.74 Å². The minimum absolute atomic E-state index is 0.290. The highest BCUT2D eigenvalue weighted by Gasteiger charge is 2.24. The van der Waals surface area contributed by atoms with Gasteiger partial charge in [-0.15, -0.1) is 0 Å². The molecule has 5 heteroatoms. The molecule has 1 aliphatic heterocycles. The zero-order chi connectivity index (χ0) is 8.97. The first-order chi connectivity index (χ1) is 5.81. The summed E-state index contributed by atoms with van der Waals surface area (Å²) in [4.78, 5) is 24.0. The van der Waals surface area contributed by atoms with Crippen molar-refractivity contribution in [3.05, 3.63) is 0 Å². The zero-order valence-electron chi connectivity index (χ0n) is 6.97. The first kappa shape index (κ1) is 8.99. The molecule has 1 fully saturated rings. The molecule has 1 heterocycles. The van der Waals surface area contributed by atoms with E-state index in [0.29, 0.717) is 19.6 Å². The second kappa shape index (κ2) is 4.06. The van der Waals surface area contributed by atoms with E-state index in [-0.39, 0.29) is 6.23 Å². The van der Waals surface area contributed by atoms with Crippen molar-refractivity contribution in [2.45, 2.75) is 6.23 Å².